The van der Waals surface area contributed by atoms with Crippen LogP contribution in [0.5, 0.6) is 5.75 Å². The molecule has 0 saturated carbocycles. The summed E-state index contributed by atoms with van der Waals surface area (Å²) in [6.07, 6.45) is 0. The highest BCUT2D eigenvalue weighted by atomic mass is 79.9. The van der Waals surface area contributed by atoms with Crippen LogP contribution in [0, 0.1) is 5.41 Å². The molecule has 0 heterocycles. The Labute approximate surface area is 117 Å². The predicted octanol–water partition coefficient (Wildman–Crippen LogP) is 3.96. The number of hydrogen-bond acceptors (Lipinski definition) is 2. The van der Waals surface area contributed by atoms with E-state index >= 15 is 0 Å². The van der Waals surface area contributed by atoms with Gasteiger partial charge in [-0.05, 0) is 25.1 Å². The summed E-state index contributed by atoms with van der Waals surface area (Å²) in [6.45, 7) is 8.26. The maximum atomic E-state index is 11.9. The van der Waals surface area contributed by atoms with Crippen molar-refractivity contribution >= 4 is 27.5 Å². The topological polar surface area (TPSA) is 38.3 Å². The monoisotopic (exact) mass is 313 g/mol. The zero-order valence-electron chi connectivity index (χ0n) is 11.3. The summed E-state index contributed by atoms with van der Waals surface area (Å²) in [7, 11) is 0. The lowest BCUT2D eigenvalue weighted by Crippen LogP contribution is -2.27. The fraction of sp³-hybridized carbons (Fsp3) is 0.500. The number of alkyl halides is 1. The second kappa shape index (κ2) is 6.23. The number of rotatable bonds is 4. The Hall–Kier alpha value is -1.03. The van der Waals surface area contributed by atoms with Gasteiger partial charge in [-0.2, -0.15) is 0 Å². The van der Waals surface area contributed by atoms with E-state index < -0.39 is 5.41 Å². The minimum absolute atomic E-state index is 0.00665. The number of halogens is 1. The Morgan fingerprint density at radius 1 is 1.39 bits per heavy atom. The van der Waals surface area contributed by atoms with Gasteiger partial charge >= 0.3 is 0 Å². The summed E-state index contributed by atoms with van der Waals surface area (Å²) in [4.78, 5) is 11.9. The van der Waals surface area contributed by atoms with Gasteiger partial charge in [0.25, 0.3) is 0 Å². The van der Waals surface area contributed by atoms with E-state index in [1.54, 1.807) is 0 Å². The van der Waals surface area contributed by atoms with Crippen LogP contribution in [0.15, 0.2) is 18.2 Å². The lowest BCUT2D eigenvalue weighted by Gasteiger charge is -2.18. The number of anilines is 1. The summed E-state index contributed by atoms with van der Waals surface area (Å²) in [5.74, 6) is 0.857. The second-order valence-corrected chi connectivity index (χ2v) is 5.65. The minimum Gasteiger partial charge on any atom is -0.494 e. The Morgan fingerprint density at radius 3 is 2.56 bits per heavy atom. The first-order chi connectivity index (χ1) is 8.38. The molecular weight excluding hydrogens is 294 g/mol. The van der Waals surface area contributed by atoms with Crippen molar-refractivity contribution in [1.82, 2.24) is 0 Å². The average Bonchev–Trinajstić information content (AvgIpc) is 2.30. The third-order valence-corrected chi connectivity index (χ3v) is 3.05. The molecule has 100 valence electrons. The van der Waals surface area contributed by atoms with Gasteiger partial charge in [-0.25, -0.2) is 0 Å². The van der Waals surface area contributed by atoms with Crippen molar-refractivity contribution in [3.8, 4) is 5.75 Å². The SMILES string of the molecule is CCOc1ccc(NC(=O)C(C)(C)C)cc1CBr. The summed E-state index contributed by atoms with van der Waals surface area (Å²) < 4.78 is 5.51. The first kappa shape index (κ1) is 15.0. The van der Waals surface area contributed by atoms with Crippen LogP contribution in [-0.2, 0) is 10.1 Å². The van der Waals surface area contributed by atoms with E-state index in [2.05, 4.69) is 21.2 Å². The molecule has 0 atom stereocenters. The highest BCUT2D eigenvalue weighted by Gasteiger charge is 2.21. The Bertz CT molecular complexity index is 424. The largest absolute Gasteiger partial charge is 0.494 e. The maximum Gasteiger partial charge on any atom is 0.229 e. The van der Waals surface area contributed by atoms with Gasteiger partial charge in [-0.15, -0.1) is 0 Å². The summed E-state index contributed by atoms with van der Waals surface area (Å²) in [6, 6.07) is 5.68. The van der Waals surface area contributed by atoms with Crippen LogP contribution in [0.25, 0.3) is 0 Å². The first-order valence-corrected chi connectivity index (χ1v) is 7.13. The van der Waals surface area contributed by atoms with E-state index in [0.717, 1.165) is 17.0 Å². The Morgan fingerprint density at radius 2 is 2.06 bits per heavy atom. The highest BCUT2D eigenvalue weighted by molar-refractivity contribution is 9.08. The van der Waals surface area contributed by atoms with Crippen LogP contribution in [0.4, 0.5) is 5.69 Å². The van der Waals surface area contributed by atoms with Crippen molar-refractivity contribution in [1.29, 1.82) is 0 Å². The summed E-state index contributed by atoms with van der Waals surface area (Å²) in [5, 5.41) is 3.61. The van der Waals surface area contributed by atoms with Crippen LogP contribution in [0.1, 0.15) is 33.3 Å². The number of carbonyl (C=O) groups excluding carboxylic acids is 1. The third kappa shape index (κ3) is 4.02. The van der Waals surface area contributed by atoms with Crippen molar-refractivity contribution in [3.05, 3.63) is 23.8 Å². The van der Waals surface area contributed by atoms with Gasteiger partial charge in [0.05, 0.1) is 6.61 Å². The fourth-order valence-electron chi connectivity index (χ4n) is 1.38. The second-order valence-electron chi connectivity index (χ2n) is 5.09. The van der Waals surface area contributed by atoms with E-state index in [-0.39, 0.29) is 5.91 Å². The molecule has 1 rings (SSSR count). The van der Waals surface area contributed by atoms with Gasteiger partial charge in [0.15, 0.2) is 0 Å². The number of ether oxygens (including phenoxy) is 1. The highest BCUT2D eigenvalue weighted by Crippen LogP contribution is 2.26. The summed E-state index contributed by atoms with van der Waals surface area (Å²) in [5.41, 5.74) is 1.43. The predicted molar refractivity (Wildman–Crippen MR) is 78.3 cm³/mol. The van der Waals surface area contributed by atoms with Crippen LogP contribution < -0.4 is 10.1 Å². The molecule has 18 heavy (non-hydrogen) atoms. The van der Waals surface area contributed by atoms with Crippen molar-refractivity contribution in [2.75, 3.05) is 11.9 Å². The maximum absolute atomic E-state index is 11.9. The van der Waals surface area contributed by atoms with Gasteiger partial charge in [0.1, 0.15) is 5.75 Å². The average molecular weight is 314 g/mol. The van der Waals surface area contributed by atoms with Gasteiger partial charge in [-0.1, -0.05) is 36.7 Å². The molecule has 0 spiro atoms. The molecule has 0 aliphatic rings. The van der Waals surface area contributed by atoms with Crippen LogP contribution in [-0.4, -0.2) is 12.5 Å². The Balaban J connectivity index is 2.89. The number of nitrogens with one attached hydrogen (secondary N) is 1. The standard InChI is InChI=1S/C14H20BrNO2/c1-5-18-12-7-6-11(8-10(12)9-15)16-13(17)14(2,3)4/h6-8H,5,9H2,1-4H3,(H,16,17). The third-order valence-electron chi connectivity index (χ3n) is 2.44. The van der Waals surface area contributed by atoms with E-state index in [0.29, 0.717) is 11.9 Å². The molecule has 1 aromatic carbocycles. The van der Waals surface area contributed by atoms with Crippen molar-refractivity contribution in [3.63, 3.8) is 0 Å². The molecule has 0 aromatic heterocycles. The van der Waals surface area contributed by atoms with Gasteiger partial charge < -0.3 is 10.1 Å². The zero-order chi connectivity index (χ0) is 13.8. The number of benzene rings is 1. The smallest absolute Gasteiger partial charge is 0.229 e. The normalized spacial score (nSPS) is 11.2. The molecule has 0 radical (unpaired) electrons. The van der Waals surface area contributed by atoms with Crippen molar-refractivity contribution in [2.24, 2.45) is 5.41 Å². The van der Waals surface area contributed by atoms with E-state index in [1.165, 1.54) is 0 Å². The van der Waals surface area contributed by atoms with Gasteiger partial charge in [-0.3, -0.25) is 4.79 Å². The molecular formula is C14H20BrNO2. The molecule has 0 bridgehead atoms. The molecule has 1 aromatic rings. The van der Waals surface area contributed by atoms with E-state index in [9.17, 15) is 4.79 Å². The van der Waals surface area contributed by atoms with Crippen LogP contribution >= 0.6 is 15.9 Å². The van der Waals surface area contributed by atoms with E-state index in [4.69, 9.17) is 4.74 Å². The summed E-state index contributed by atoms with van der Waals surface area (Å²) >= 11 is 3.43. The van der Waals surface area contributed by atoms with Gasteiger partial charge in [0, 0.05) is 22.0 Å². The minimum atomic E-state index is -0.396. The molecule has 0 fully saturated rings. The van der Waals surface area contributed by atoms with Gasteiger partial charge in [0.2, 0.25) is 5.91 Å². The lowest BCUT2D eigenvalue weighted by atomic mass is 9.95. The van der Waals surface area contributed by atoms with Crippen molar-refractivity contribution in [2.45, 2.75) is 33.0 Å². The number of amides is 1. The molecule has 0 saturated heterocycles. The lowest BCUT2D eigenvalue weighted by molar-refractivity contribution is -0.123. The van der Waals surface area contributed by atoms with Crippen LogP contribution in [0.3, 0.4) is 0 Å². The Kier molecular flexibility index (Phi) is 5.20. The molecule has 1 amide bonds. The first-order valence-electron chi connectivity index (χ1n) is 6.01. The molecule has 1 N–H and O–H groups in total. The number of carbonyl (C=O) groups is 1. The van der Waals surface area contributed by atoms with Crippen molar-refractivity contribution < 1.29 is 9.53 Å². The molecule has 0 unspecified atom stereocenters. The molecule has 3 nitrogen and oxygen atoms in total. The quantitative estimate of drug-likeness (QED) is 0.854. The fourth-order valence-corrected chi connectivity index (χ4v) is 1.81. The molecule has 0 aliphatic carbocycles. The molecule has 4 heteroatoms. The molecule has 0 aliphatic heterocycles. The van der Waals surface area contributed by atoms with E-state index in [1.807, 2.05) is 45.9 Å². The zero-order valence-corrected chi connectivity index (χ0v) is 12.9. The van der Waals surface area contributed by atoms with Crippen LogP contribution in [0.2, 0.25) is 0 Å². The number of hydrogen-bond donors (Lipinski definition) is 1.